The van der Waals surface area contributed by atoms with Gasteiger partial charge >= 0.3 is 0 Å². The smallest absolute Gasteiger partial charge is 0.0541 e. The van der Waals surface area contributed by atoms with Crippen LogP contribution in [0.25, 0.3) is 0 Å². The van der Waals surface area contributed by atoms with E-state index in [2.05, 4.69) is 19.0 Å². The Kier molecular flexibility index (Phi) is 10.3. The van der Waals surface area contributed by atoms with Crippen molar-refractivity contribution >= 4 is 0 Å². The molecular weight excluding hydrogens is 190 g/mol. The van der Waals surface area contributed by atoms with Crippen LogP contribution in [0.5, 0.6) is 0 Å². The number of nitrogens with zero attached hydrogens (tertiary/aromatic N) is 1. The summed E-state index contributed by atoms with van der Waals surface area (Å²) in [5.74, 6) is 0. The molecule has 0 spiro atoms. The van der Waals surface area contributed by atoms with Crippen LogP contribution in [0.2, 0.25) is 0 Å². The lowest BCUT2D eigenvalue weighted by atomic mass is 10.1. The van der Waals surface area contributed by atoms with E-state index in [1.165, 1.54) is 12.8 Å². The van der Waals surface area contributed by atoms with Gasteiger partial charge < -0.3 is 14.7 Å². The van der Waals surface area contributed by atoms with E-state index in [0.717, 1.165) is 38.8 Å². The number of hydrogen-bond acceptors (Lipinski definition) is 3. The average molecular weight is 217 g/mol. The molecule has 0 radical (unpaired) electrons. The molecule has 0 unspecified atom stereocenters. The second-order valence-corrected chi connectivity index (χ2v) is 4.44. The first-order valence-electron chi connectivity index (χ1n) is 5.98. The van der Waals surface area contributed by atoms with Crippen molar-refractivity contribution in [3.05, 3.63) is 0 Å². The van der Waals surface area contributed by atoms with E-state index in [9.17, 15) is 5.11 Å². The Labute approximate surface area is 94.4 Å². The zero-order valence-electron chi connectivity index (χ0n) is 10.5. The second-order valence-electron chi connectivity index (χ2n) is 4.44. The third kappa shape index (κ3) is 11.8. The number of aliphatic hydroxyl groups is 1. The molecule has 1 atom stereocenters. The quantitative estimate of drug-likeness (QED) is 0.567. The van der Waals surface area contributed by atoms with Gasteiger partial charge in [-0.2, -0.15) is 0 Å². The van der Waals surface area contributed by atoms with Gasteiger partial charge in [0.1, 0.15) is 0 Å². The molecule has 0 heterocycles. The number of rotatable bonds is 10. The molecule has 0 aromatic carbocycles. The molecule has 3 heteroatoms. The Morgan fingerprint density at radius 1 is 1.07 bits per heavy atom. The molecule has 0 aromatic heterocycles. The van der Waals surface area contributed by atoms with Crippen LogP contribution in [-0.4, -0.2) is 50.5 Å². The molecule has 1 N–H and O–H groups in total. The molecule has 15 heavy (non-hydrogen) atoms. The standard InChI is InChI=1S/C12H27NO2/c1-13(2)10-6-4-5-8-12(14)9-7-11-15-3/h12,14H,4-11H2,1-3H3/t12-/m1/s1. The Balaban J connectivity index is 3.13. The van der Waals surface area contributed by atoms with E-state index in [1.807, 2.05) is 0 Å². The molecule has 92 valence electrons. The molecule has 0 aliphatic rings. The van der Waals surface area contributed by atoms with Crippen molar-refractivity contribution in [1.82, 2.24) is 4.90 Å². The predicted octanol–water partition coefficient (Wildman–Crippen LogP) is 1.90. The fraction of sp³-hybridized carbons (Fsp3) is 1.00. The van der Waals surface area contributed by atoms with Gasteiger partial charge in [0.25, 0.3) is 0 Å². The lowest BCUT2D eigenvalue weighted by molar-refractivity contribution is 0.126. The van der Waals surface area contributed by atoms with Gasteiger partial charge in [0.2, 0.25) is 0 Å². The van der Waals surface area contributed by atoms with Gasteiger partial charge in [0, 0.05) is 13.7 Å². The molecule has 0 saturated heterocycles. The first-order valence-corrected chi connectivity index (χ1v) is 5.98. The van der Waals surface area contributed by atoms with Crippen LogP contribution in [0.3, 0.4) is 0 Å². The fourth-order valence-corrected chi connectivity index (χ4v) is 1.59. The molecule has 0 amide bonds. The normalized spacial score (nSPS) is 13.4. The van der Waals surface area contributed by atoms with Gasteiger partial charge in [0.05, 0.1) is 6.10 Å². The van der Waals surface area contributed by atoms with Crippen LogP contribution in [-0.2, 0) is 4.74 Å². The van der Waals surface area contributed by atoms with Crippen LogP contribution < -0.4 is 0 Å². The van der Waals surface area contributed by atoms with Crippen molar-refractivity contribution in [2.24, 2.45) is 0 Å². The van der Waals surface area contributed by atoms with Crippen LogP contribution in [0, 0.1) is 0 Å². The van der Waals surface area contributed by atoms with Gasteiger partial charge in [-0.15, -0.1) is 0 Å². The SMILES string of the molecule is COCCC[C@H](O)CCCCCN(C)C. The van der Waals surface area contributed by atoms with E-state index in [-0.39, 0.29) is 6.10 Å². The summed E-state index contributed by atoms with van der Waals surface area (Å²) in [4.78, 5) is 2.20. The van der Waals surface area contributed by atoms with E-state index in [1.54, 1.807) is 7.11 Å². The molecule has 3 nitrogen and oxygen atoms in total. The highest BCUT2D eigenvalue weighted by atomic mass is 16.5. The van der Waals surface area contributed by atoms with Crippen molar-refractivity contribution in [3.8, 4) is 0 Å². The van der Waals surface area contributed by atoms with Crippen LogP contribution >= 0.6 is 0 Å². The Morgan fingerprint density at radius 3 is 2.33 bits per heavy atom. The molecule has 0 saturated carbocycles. The summed E-state index contributed by atoms with van der Waals surface area (Å²) in [5.41, 5.74) is 0. The van der Waals surface area contributed by atoms with Crippen molar-refractivity contribution in [1.29, 1.82) is 0 Å². The van der Waals surface area contributed by atoms with Crippen molar-refractivity contribution in [2.75, 3.05) is 34.4 Å². The molecule has 0 aliphatic heterocycles. The number of hydrogen-bond donors (Lipinski definition) is 1. The number of methoxy groups -OCH3 is 1. The highest BCUT2D eigenvalue weighted by molar-refractivity contribution is 4.56. The molecule has 0 bridgehead atoms. The number of aliphatic hydroxyl groups excluding tert-OH is 1. The van der Waals surface area contributed by atoms with E-state index < -0.39 is 0 Å². The maximum Gasteiger partial charge on any atom is 0.0541 e. The van der Waals surface area contributed by atoms with E-state index >= 15 is 0 Å². The molecule has 0 rings (SSSR count). The monoisotopic (exact) mass is 217 g/mol. The number of ether oxygens (including phenoxy) is 1. The lowest BCUT2D eigenvalue weighted by Crippen LogP contribution is -2.13. The highest BCUT2D eigenvalue weighted by Crippen LogP contribution is 2.08. The largest absolute Gasteiger partial charge is 0.393 e. The summed E-state index contributed by atoms with van der Waals surface area (Å²) in [6.45, 7) is 1.91. The third-order valence-corrected chi connectivity index (χ3v) is 2.53. The molecule has 0 aromatic rings. The van der Waals surface area contributed by atoms with Crippen molar-refractivity contribution in [3.63, 3.8) is 0 Å². The third-order valence-electron chi connectivity index (χ3n) is 2.53. The Bertz CT molecular complexity index is 129. The predicted molar refractivity (Wildman–Crippen MR) is 64.1 cm³/mol. The zero-order valence-corrected chi connectivity index (χ0v) is 10.5. The van der Waals surface area contributed by atoms with Gasteiger partial charge in [-0.05, 0) is 46.3 Å². The molecule has 0 aliphatic carbocycles. The minimum atomic E-state index is -0.125. The summed E-state index contributed by atoms with van der Waals surface area (Å²) >= 11 is 0. The topological polar surface area (TPSA) is 32.7 Å². The maximum atomic E-state index is 9.62. The average Bonchev–Trinajstić information content (AvgIpc) is 2.17. The molecule has 0 fully saturated rings. The maximum absolute atomic E-state index is 9.62. The minimum absolute atomic E-state index is 0.125. The van der Waals surface area contributed by atoms with Gasteiger partial charge in [-0.3, -0.25) is 0 Å². The van der Waals surface area contributed by atoms with Crippen LogP contribution in [0.1, 0.15) is 38.5 Å². The summed E-state index contributed by atoms with van der Waals surface area (Å²) in [7, 11) is 5.90. The summed E-state index contributed by atoms with van der Waals surface area (Å²) < 4.78 is 4.94. The minimum Gasteiger partial charge on any atom is -0.393 e. The molecular formula is C12H27NO2. The van der Waals surface area contributed by atoms with Crippen molar-refractivity contribution < 1.29 is 9.84 Å². The fourth-order valence-electron chi connectivity index (χ4n) is 1.59. The second kappa shape index (κ2) is 10.4. The first kappa shape index (κ1) is 14.9. The van der Waals surface area contributed by atoms with Gasteiger partial charge in [-0.25, -0.2) is 0 Å². The lowest BCUT2D eigenvalue weighted by Gasteiger charge is -2.11. The Hall–Kier alpha value is -0.120. The van der Waals surface area contributed by atoms with Crippen LogP contribution in [0.15, 0.2) is 0 Å². The van der Waals surface area contributed by atoms with E-state index in [0.29, 0.717) is 0 Å². The zero-order chi connectivity index (χ0) is 11.5. The van der Waals surface area contributed by atoms with Gasteiger partial charge in [-0.1, -0.05) is 12.8 Å². The summed E-state index contributed by atoms with van der Waals surface area (Å²) in [6, 6.07) is 0. The summed E-state index contributed by atoms with van der Waals surface area (Å²) in [6.07, 6.45) is 6.26. The Morgan fingerprint density at radius 2 is 1.73 bits per heavy atom. The first-order chi connectivity index (χ1) is 7.16. The highest BCUT2D eigenvalue weighted by Gasteiger charge is 2.03. The number of unbranched alkanes of at least 4 members (excludes halogenated alkanes) is 2. The summed E-state index contributed by atoms with van der Waals surface area (Å²) in [5, 5.41) is 9.62. The van der Waals surface area contributed by atoms with Crippen LogP contribution in [0.4, 0.5) is 0 Å². The van der Waals surface area contributed by atoms with Gasteiger partial charge in [0.15, 0.2) is 0 Å². The van der Waals surface area contributed by atoms with E-state index in [4.69, 9.17) is 4.74 Å². The van der Waals surface area contributed by atoms with Crippen molar-refractivity contribution in [2.45, 2.75) is 44.6 Å².